The molecule has 0 bridgehead atoms. The summed E-state index contributed by atoms with van der Waals surface area (Å²) in [7, 11) is 0. The fraction of sp³-hybridized carbons (Fsp3) is 0.312. The van der Waals surface area contributed by atoms with Gasteiger partial charge in [-0.3, -0.25) is 4.79 Å². The van der Waals surface area contributed by atoms with Crippen LogP contribution in [0.15, 0.2) is 42.5 Å². The van der Waals surface area contributed by atoms with E-state index in [4.69, 9.17) is 0 Å². The van der Waals surface area contributed by atoms with E-state index in [9.17, 15) is 4.79 Å². The largest absolute Gasteiger partial charge is 0.325 e. The Labute approximate surface area is 113 Å². The molecule has 0 spiro atoms. The lowest BCUT2D eigenvalue weighted by Gasteiger charge is -2.12. The molecule has 3 heteroatoms. The molecule has 0 aliphatic carbocycles. The Bertz CT molecular complexity index is 583. The molecule has 19 heavy (non-hydrogen) atoms. The molecule has 1 heterocycles. The van der Waals surface area contributed by atoms with E-state index >= 15 is 0 Å². The van der Waals surface area contributed by atoms with E-state index in [1.165, 1.54) is 6.42 Å². The van der Waals surface area contributed by atoms with Gasteiger partial charge in [0.1, 0.15) is 0 Å². The summed E-state index contributed by atoms with van der Waals surface area (Å²) in [6.45, 7) is 1.03. The van der Waals surface area contributed by atoms with Crippen molar-refractivity contribution in [3.63, 3.8) is 0 Å². The van der Waals surface area contributed by atoms with Crippen LogP contribution in [-0.2, 0) is 4.79 Å². The van der Waals surface area contributed by atoms with Crippen LogP contribution in [-0.4, -0.2) is 18.5 Å². The molecular formula is C16H18N2O. The van der Waals surface area contributed by atoms with Gasteiger partial charge in [0.2, 0.25) is 5.91 Å². The molecule has 1 amide bonds. The monoisotopic (exact) mass is 254 g/mol. The van der Waals surface area contributed by atoms with Crippen LogP contribution in [0.3, 0.4) is 0 Å². The Morgan fingerprint density at radius 1 is 1.21 bits per heavy atom. The van der Waals surface area contributed by atoms with Crippen molar-refractivity contribution in [2.45, 2.75) is 25.3 Å². The second-order valence-electron chi connectivity index (χ2n) is 5.07. The molecule has 0 saturated carbocycles. The minimum Gasteiger partial charge on any atom is -0.325 e. The van der Waals surface area contributed by atoms with Crippen LogP contribution < -0.4 is 10.6 Å². The zero-order valence-corrected chi connectivity index (χ0v) is 10.9. The van der Waals surface area contributed by atoms with Gasteiger partial charge in [-0.2, -0.15) is 0 Å². The van der Waals surface area contributed by atoms with Gasteiger partial charge < -0.3 is 10.6 Å². The number of carbonyl (C=O) groups is 1. The van der Waals surface area contributed by atoms with Crippen LogP contribution in [0.4, 0.5) is 5.69 Å². The van der Waals surface area contributed by atoms with Crippen molar-refractivity contribution in [1.82, 2.24) is 5.32 Å². The van der Waals surface area contributed by atoms with E-state index in [2.05, 4.69) is 22.8 Å². The van der Waals surface area contributed by atoms with Crippen molar-refractivity contribution in [2.24, 2.45) is 0 Å². The number of rotatable bonds is 3. The molecule has 98 valence electrons. The third-order valence-corrected chi connectivity index (χ3v) is 3.66. The summed E-state index contributed by atoms with van der Waals surface area (Å²) in [6, 6.07) is 14.4. The number of anilines is 1. The van der Waals surface area contributed by atoms with Gasteiger partial charge in [-0.1, -0.05) is 36.4 Å². The summed E-state index contributed by atoms with van der Waals surface area (Å²) in [5.41, 5.74) is 0.904. The van der Waals surface area contributed by atoms with Gasteiger partial charge in [-0.05, 0) is 30.8 Å². The average molecular weight is 254 g/mol. The van der Waals surface area contributed by atoms with Crippen molar-refractivity contribution in [2.75, 3.05) is 11.9 Å². The Kier molecular flexibility index (Phi) is 3.47. The second kappa shape index (κ2) is 5.41. The van der Waals surface area contributed by atoms with E-state index in [0.717, 1.165) is 29.4 Å². The normalized spacial score (nSPS) is 18.6. The number of hydrogen-bond acceptors (Lipinski definition) is 2. The highest BCUT2D eigenvalue weighted by molar-refractivity contribution is 6.02. The molecule has 3 nitrogen and oxygen atoms in total. The summed E-state index contributed by atoms with van der Waals surface area (Å²) in [5, 5.41) is 8.63. The standard InChI is InChI=1S/C16H18N2O/c19-16(11-13-7-4-10-17-13)18-15-9-3-6-12-5-1-2-8-14(12)15/h1-3,5-6,8-9,13,17H,4,7,10-11H2,(H,18,19). The zero-order valence-electron chi connectivity index (χ0n) is 10.9. The Hall–Kier alpha value is -1.87. The molecule has 2 aromatic rings. The number of carbonyl (C=O) groups excluding carboxylic acids is 1. The van der Waals surface area contributed by atoms with Crippen LogP contribution in [0.5, 0.6) is 0 Å². The fourth-order valence-corrected chi connectivity index (χ4v) is 2.69. The Morgan fingerprint density at radius 2 is 2.05 bits per heavy atom. The SMILES string of the molecule is O=C(CC1CCCN1)Nc1cccc2ccccc12. The van der Waals surface area contributed by atoms with Crippen LogP contribution in [0, 0.1) is 0 Å². The molecule has 1 saturated heterocycles. The fourth-order valence-electron chi connectivity index (χ4n) is 2.69. The predicted octanol–water partition coefficient (Wildman–Crippen LogP) is 2.92. The van der Waals surface area contributed by atoms with Crippen molar-refractivity contribution >= 4 is 22.4 Å². The molecule has 3 rings (SSSR count). The molecule has 1 fully saturated rings. The lowest BCUT2D eigenvalue weighted by molar-refractivity contribution is -0.116. The van der Waals surface area contributed by atoms with Gasteiger partial charge in [0.15, 0.2) is 0 Å². The average Bonchev–Trinajstić information content (AvgIpc) is 2.92. The van der Waals surface area contributed by atoms with E-state index in [-0.39, 0.29) is 5.91 Å². The Morgan fingerprint density at radius 3 is 2.89 bits per heavy atom. The van der Waals surface area contributed by atoms with Gasteiger partial charge >= 0.3 is 0 Å². The Balaban J connectivity index is 1.75. The van der Waals surface area contributed by atoms with E-state index in [1.54, 1.807) is 0 Å². The highest BCUT2D eigenvalue weighted by Crippen LogP contribution is 2.23. The van der Waals surface area contributed by atoms with Gasteiger partial charge in [-0.25, -0.2) is 0 Å². The molecule has 2 N–H and O–H groups in total. The maximum Gasteiger partial charge on any atom is 0.225 e. The molecule has 1 unspecified atom stereocenters. The minimum atomic E-state index is 0.0933. The van der Waals surface area contributed by atoms with Crippen molar-refractivity contribution < 1.29 is 4.79 Å². The quantitative estimate of drug-likeness (QED) is 0.884. The second-order valence-corrected chi connectivity index (χ2v) is 5.07. The van der Waals surface area contributed by atoms with Crippen LogP contribution >= 0.6 is 0 Å². The lowest BCUT2D eigenvalue weighted by Crippen LogP contribution is -2.27. The van der Waals surface area contributed by atoms with E-state index in [1.807, 2.05) is 30.3 Å². The van der Waals surface area contributed by atoms with E-state index in [0.29, 0.717) is 12.5 Å². The number of amides is 1. The van der Waals surface area contributed by atoms with Gasteiger partial charge in [0.05, 0.1) is 0 Å². The van der Waals surface area contributed by atoms with Crippen molar-refractivity contribution in [1.29, 1.82) is 0 Å². The first-order valence-corrected chi connectivity index (χ1v) is 6.84. The first-order chi connectivity index (χ1) is 9.33. The molecule has 0 radical (unpaired) electrons. The third kappa shape index (κ3) is 2.76. The molecule has 1 aliphatic rings. The number of benzene rings is 2. The van der Waals surface area contributed by atoms with Gasteiger partial charge in [0.25, 0.3) is 0 Å². The van der Waals surface area contributed by atoms with E-state index < -0.39 is 0 Å². The molecule has 1 atom stereocenters. The number of fused-ring (bicyclic) bond motifs is 1. The smallest absolute Gasteiger partial charge is 0.225 e. The van der Waals surface area contributed by atoms with Crippen LogP contribution in [0.1, 0.15) is 19.3 Å². The summed E-state index contributed by atoms with van der Waals surface area (Å²) >= 11 is 0. The summed E-state index contributed by atoms with van der Waals surface area (Å²) < 4.78 is 0. The van der Waals surface area contributed by atoms with Crippen molar-refractivity contribution in [3.8, 4) is 0 Å². The lowest BCUT2D eigenvalue weighted by atomic mass is 10.1. The first kappa shape index (κ1) is 12.2. The maximum absolute atomic E-state index is 12.1. The summed E-state index contributed by atoms with van der Waals surface area (Å²) in [6.07, 6.45) is 2.83. The number of nitrogens with one attached hydrogen (secondary N) is 2. The number of hydrogen-bond donors (Lipinski definition) is 2. The maximum atomic E-state index is 12.1. The zero-order chi connectivity index (χ0) is 13.1. The first-order valence-electron chi connectivity index (χ1n) is 6.84. The highest BCUT2D eigenvalue weighted by Gasteiger charge is 2.17. The minimum absolute atomic E-state index is 0.0933. The molecule has 1 aliphatic heterocycles. The van der Waals surface area contributed by atoms with Crippen LogP contribution in [0.2, 0.25) is 0 Å². The van der Waals surface area contributed by atoms with Crippen molar-refractivity contribution in [3.05, 3.63) is 42.5 Å². The van der Waals surface area contributed by atoms with Gasteiger partial charge in [-0.15, -0.1) is 0 Å². The van der Waals surface area contributed by atoms with Gasteiger partial charge in [0, 0.05) is 23.5 Å². The molecule has 2 aromatic carbocycles. The molecular weight excluding hydrogens is 236 g/mol. The highest BCUT2D eigenvalue weighted by atomic mass is 16.1. The third-order valence-electron chi connectivity index (χ3n) is 3.66. The summed E-state index contributed by atoms with van der Waals surface area (Å²) in [5.74, 6) is 0.0933. The molecule has 0 aromatic heterocycles. The topological polar surface area (TPSA) is 41.1 Å². The van der Waals surface area contributed by atoms with Crippen LogP contribution in [0.25, 0.3) is 10.8 Å². The predicted molar refractivity (Wildman–Crippen MR) is 78.2 cm³/mol. The summed E-state index contributed by atoms with van der Waals surface area (Å²) in [4.78, 5) is 12.1.